The SMILES string of the molecule is Cc1ccc(-c2ccc(Cl)cc2C(F)(F)F)cc1C1C(=O)[C@@H]2CC[C@@H](C2)C1=O. The van der Waals surface area contributed by atoms with E-state index in [2.05, 4.69) is 0 Å². The van der Waals surface area contributed by atoms with Crippen LogP contribution in [0.15, 0.2) is 36.4 Å². The molecule has 0 radical (unpaired) electrons. The third kappa shape index (κ3) is 3.16. The number of ketones is 2. The highest BCUT2D eigenvalue weighted by Gasteiger charge is 2.47. The Bertz CT molecular complexity index is 958. The maximum absolute atomic E-state index is 13.5. The van der Waals surface area contributed by atoms with Gasteiger partial charge in [-0.2, -0.15) is 13.2 Å². The van der Waals surface area contributed by atoms with Crippen molar-refractivity contribution in [2.24, 2.45) is 11.8 Å². The number of hydrogen-bond acceptors (Lipinski definition) is 2. The number of aryl methyl sites for hydroxylation is 1. The van der Waals surface area contributed by atoms with Crippen LogP contribution in [0.2, 0.25) is 5.02 Å². The van der Waals surface area contributed by atoms with Gasteiger partial charge in [-0.15, -0.1) is 0 Å². The van der Waals surface area contributed by atoms with Crippen molar-refractivity contribution < 1.29 is 22.8 Å². The fourth-order valence-electron chi connectivity index (χ4n) is 4.54. The Morgan fingerprint density at radius 2 is 1.61 bits per heavy atom. The standard InChI is InChI=1S/C22H18ClF3O2/c1-11-2-3-12(16-7-6-15(23)10-18(16)22(24,25)26)9-17(11)19-20(27)13-4-5-14(8-13)21(19)28/h2-3,6-7,9-10,13-14,19H,4-5,8H2,1H3/t13-,14+,19?. The Morgan fingerprint density at radius 3 is 2.21 bits per heavy atom. The van der Waals surface area contributed by atoms with Crippen molar-refractivity contribution in [2.75, 3.05) is 0 Å². The van der Waals surface area contributed by atoms with Crippen molar-refractivity contribution in [3.8, 4) is 11.1 Å². The van der Waals surface area contributed by atoms with Crippen LogP contribution in [0.1, 0.15) is 41.9 Å². The second-order valence-corrected chi connectivity index (χ2v) is 8.14. The first kappa shape index (κ1) is 19.2. The summed E-state index contributed by atoms with van der Waals surface area (Å²) in [5, 5.41) is -0.00220. The lowest BCUT2D eigenvalue weighted by Crippen LogP contribution is -2.35. The topological polar surface area (TPSA) is 34.1 Å². The molecule has 2 aromatic rings. The van der Waals surface area contributed by atoms with Crippen molar-refractivity contribution >= 4 is 23.2 Å². The van der Waals surface area contributed by atoms with E-state index in [4.69, 9.17) is 11.6 Å². The Kier molecular flexibility index (Phi) is 4.61. The van der Waals surface area contributed by atoms with E-state index < -0.39 is 17.7 Å². The van der Waals surface area contributed by atoms with E-state index in [9.17, 15) is 22.8 Å². The summed E-state index contributed by atoms with van der Waals surface area (Å²) in [7, 11) is 0. The zero-order valence-electron chi connectivity index (χ0n) is 15.1. The van der Waals surface area contributed by atoms with Crippen molar-refractivity contribution in [1.82, 2.24) is 0 Å². The molecule has 0 spiro atoms. The average molecular weight is 407 g/mol. The number of carbonyl (C=O) groups excluding carboxylic acids is 2. The first-order chi connectivity index (χ1) is 13.2. The van der Waals surface area contributed by atoms with Crippen LogP contribution in [0, 0.1) is 18.8 Å². The molecule has 146 valence electrons. The first-order valence-electron chi connectivity index (χ1n) is 9.22. The molecule has 2 aliphatic carbocycles. The number of alkyl halides is 3. The van der Waals surface area contributed by atoms with Crippen LogP contribution >= 0.6 is 11.6 Å². The van der Waals surface area contributed by atoms with Gasteiger partial charge in [0.15, 0.2) is 11.6 Å². The zero-order chi connectivity index (χ0) is 20.2. The van der Waals surface area contributed by atoms with Gasteiger partial charge in [-0.3, -0.25) is 9.59 Å². The molecule has 6 heteroatoms. The Morgan fingerprint density at radius 1 is 0.964 bits per heavy atom. The lowest BCUT2D eigenvalue weighted by Gasteiger charge is -2.27. The van der Waals surface area contributed by atoms with E-state index >= 15 is 0 Å². The van der Waals surface area contributed by atoms with Crippen LogP contribution < -0.4 is 0 Å². The van der Waals surface area contributed by atoms with Gasteiger partial charge in [0.05, 0.1) is 5.56 Å². The maximum atomic E-state index is 13.5. The number of fused-ring (bicyclic) bond motifs is 2. The highest BCUT2D eigenvalue weighted by molar-refractivity contribution is 6.30. The molecular weight excluding hydrogens is 389 g/mol. The van der Waals surface area contributed by atoms with Crippen molar-refractivity contribution in [3.05, 3.63) is 58.1 Å². The maximum Gasteiger partial charge on any atom is 0.417 e. The van der Waals surface area contributed by atoms with Gasteiger partial charge in [-0.05, 0) is 66.6 Å². The molecule has 4 rings (SSSR count). The van der Waals surface area contributed by atoms with Gasteiger partial charge < -0.3 is 0 Å². The predicted molar refractivity (Wildman–Crippen MR) is 100 cm³/mol. The van der Waals surface area contributed by atoms with E-state index in [-0.39, 0.29) is 34.0 Å². The van der Waals surface area contributed by atoms with Crippen molar-refractivity contribution in [2.45, 2.75) is 38.3 Å². The van der Waals surface area contributed by atoms with Crippen LogP contribution in [0.25, 0.3) is 11.1 Å². The molecule has 0 heterocycles. The quantitative estimate of drug-likeness (QED) is 0.574. The van der Waals surface area contributed by atoms with Gasteiger partial charge >= 0.3 is 6.18 Å². The van der Waals surface area contributed by atoms with Gasteiger partial charge in [-0.25, -0.2) is 0 Å². The van der Waals surface area contributed by atoms with Gasteiger partial charge in [0, 0.05) is 16.9 Å². The Balaban J connectivity index is 1.84. The van der Waals surface area contributed by atoms with E-state index in [0.29, 0.717) is 17.5 Å². The molecule has 1 unspecified atom stereocenters. The van der Waals surface area contributed by atoms with Crippen molar-refractivity contribution in [1.29, 1.82) is 0 Å². The van der Waals surface area contributed by atoms with Gasteiger partial charge in [-0.1, -0.05) is 29.8 Å². The van der Waals surface area contributed by atoms with E-state index in [0.717, 1.165) is 24.5 Å². The summed E-state index contributed by atoms with van der Waals surface area (Å²) in [6.07, 6.45) is -2.51. The molecule has 2 saturated carbocycles. The third-order valence-electron chi connectivity index (χ3n) is 5.99. The number of benzene rings is 2. The van der Waals surface area contributed by atoms with E-state index in [1.165, 1.54) is 12.1 Å². The minimum Gasteiger partial charge on any atom is -0.298 e. The highest BCUT2D eigenvalue weighted by atomic mass is 35.5. The molecule has 3 atom stereocenters. The lowest BCUT2D eigenvalue weighted by atomic mass is 9.74. The van der Waals surface area contributed by atoms with Gasteiger partial charge in [0.25, 0.3) is 0 Å². The van der Waals surface area contributed by atoms with Crippen LogP contribution in [0.5, 0.6) is 0 Å². The molecule has 0 aliphatic heterocycles. The average Bonchev–Trinajstić information content (AvgIpc) is 3.08. The molecule has 0 N–H and O–H groups in total. The first-order valence-corrected chi connectivity index (χ1v) is 9.59. The Labute approximate surface area is 165 Å². The largest absolute Gasteiger partial charge is 0.417 e. The number of Topliss-reactive ketones (excluding diaryl/α,β-unsaturated/α-hetero) is 2. The van der Waals surface area contributed by atoms with E-state index in [1.807, 2.05) is 0 Å². The van der Waals surface area contributed by atoms with Crippen molar-refractivity contribution in [3.63, 3.8) is 0 Å². The van der Waals surface area contributed by atoms with Gasteiger partial charge in [0.2, 0.25) is 0 Å². The molecule has 2 nitrogen and oxygen atoms in total. The highest BCUT2D eigenvalue weighted by Crippen LogP contribution is 2.45. The normalized spacial score (nSPS) is 24.7. The fraction of sp³-hybridized carbons (Fsp3) is 0.364. The second-order valence-electron chi connectivity index (χ2n) is 7.70. The summed E-state index contributed by atoms with van der Waals surface area (Å²) in [4.78, 5) is 25.7. The molecule has 2 fully saturated rings. The minimum absolute atomic E-state index is 0.00220. The summed E-state index contributed by atoms with van der Waals surface area (Å²) in [5.41, 5.74) is 0.725. The number of hydrogen-bond donors (Lipinski definition) is 0. The molecule has 2 bridgehead atoms. The van der Waals surface area contributed by atoms with Crippen LogP contribution in [0.4, 0.5) is 13.2 Å². The summed E-state index contributed by atoms with van der Waals surface area (Å²) < 4.78 is 40.5. The molecule has 0 amide bonds. The molecular formula is C22H18ClF3O2. The number of halogens is 4. The molecule has 0 saturated heterocycles. The summed E-state index contributed by atoms with van der Waals surface area (Å²) in [6, 6.07) is 8.46. The number of rotatable bonds is 2. The monoisotopic (exact) mass is 406 g/mol. The third-order valence-corrected chi connectivity index (χ3v) is 6.23. The van der Waals surface area contributed by atoms with Crippen LogP contribution in [-0.4, -0.2) is 11.6 Å². The smallest absolute Gasteiger partial charge is 0.298 e. The Hall–Kier alpha value is -2.14. The fourth-order valence-corrected chi connectivity index (χ4v) is 4.71. The summed E-state index contributed by atoms with van der Waals surface area (Å²) in [6.45, 7) is 1.78. The van der Waals surface area contributed by atoms with Gasteiger partial charge in [0.1, 0.15) is 5.92 Å². The zero-order valence-corrected chi connectivity index (χ0v) is 15.9. The molecule has 2 aliphatic rings. The van der Waals surface area contributed by atoms with Crippen LogP contribution in [-0.2, 0) is 15.8 Å². The number of carbonyl (C=O) groups is 2. The molecule has 28 heavy (non-hydrogen) atoms. The molecule has 0 aromatic heterocycles. The predicted octanol–water partition coefficient (Wildman–Crippen LogP) is 5.99. The van der Waals surface area contributed by atoms with E-state index in [1.54, 1.807) is 25.1 Å². The molecule has 2 aromatic carbocycles. The summed E-state index contributed by atoms with van der Waals surface area (Å²) in [5.74, 6) is -1.28. The summed E-state index contributed by atoms with van der Waals surface area (Å²) >= 11 is 5.78. The second kappa shape index (κ2) is 6.73. The minimum atomic E-state index is -4.57. The van der Waals surface area contributed by atoms with Crippen LogP contribution in [0.3, 0.4) is 0 Å². The lowest BCUT2D eigenvalue weighted by molar-refractivity contribution is -0.137.